The number of likely N-dealkylation sites (tertiary alicyclic amines) is 1. The molecule has 0 bridgehead atoms. The number of hydrogen-bond donors (Lipinski definition) is 2. The van der Waals surface area contributed by atoms with Crippen molar-refractivity contribution in [3.8, 4) is 0 Å². The Bertz CT molecular complexity index is 397. The third-order valence-electron chi connectivity index (χ3n) is 4.53. The lowest BCUT2D eigenvalue weighted by Crippen LogP contribution is -2.51. The maximum Gasteiger partial charge on any atom is 0.325 e. The molecule has 2 aliphatic rings. The molecule has 3 N–H and O–H groups in total. The standard InChI is InChI=1S/C14H26N4O2/c1-10-5-4-6-17(11(10)9-15)7-8-18-12(19)14(2,3)16-13(18)20/h10-11H,4-9,15H2,1-3H3,(H,16,20). The van der Waals surface area contributed by atoms with Crippen LogP contribution >= 0.6 is 0 Å². The first-order valence-electron chi connectivity index (χ1n) is 7.45. The van der Waals surface area contributed by atoms with Crippen LogP contribution in [0.5, 0.6) is 0 Å². The highest BCUT2D eigenvalue weighted by Crippen LogP contribution is 2.23. The number of hydrogen-bond acceptors (Lipinski definition) is 4. The van der Waals surface area contributed by atoms with Crippen LogP contribution in [0.1, 0.15) is 33.6 Å². The number of amides is 3. The lowest BCUT2D eigenvalue weighted by Gasteiger charge is -2.39. The normalized spacial score (nSPS) is 30.7. The van der Waals surface area contributed by atoms with Crippen LogP contribution in [-0.4, -0.2) is 59.5 Å². The first kappa shape index (κ1) is 15.3. The van der Waals surface area contributed by atoms with Gasteiger partial charge in [-0.15, -0.1) is 0 Å². The molecule has 2 unspecified atom stereocenters. The monoisotopic (exact) mass is 282 g/mol. The van der Waals surface area contributed by atoms with E-state index >= 15 is 0 Å². The zero-order valence-electron chi connectivity index (χ0n) is 12.7. The fraction of sp³-hybridized carbons (Fsp3) is 0.857. The molecule has 2 rings (SSSR count). The second kappa shape index (κ2) is 5.69. The molecule has 0 saturated carbocycles. The third-order valence-corrected chi connectivity index (χ3v) is 4.53. The topological polar surface area (TPSA) is 78.7 Å². The van der Waals surface area contributed by atoms with E-state index < -0.39 is 5.54 Å². The summed E-state index contributed by atoms with van der Waals surface area (Å²) in [5, 5.41) is 2.71. The molecule has 0 aliphatic carbocycles. The molecule has 3 amide bonds. The Morgan fingerprint density at radius 3 is 2.60 bits per heavy atom. The Labute approximate surface area is 120 Å². The molecule has 114 valence electrons. The molecule has 6 nitrogen and oxygen atoms in total. The lowest BCUT2D eigenvalue weighted by molar-refractivity contribution is -0.130. The van der Waals surface area contributed by atoms with Gasteiger partial charge in [-0.3, -0.25) is 14.6 Å². The Hall–Kier alpha value is -1.14. The Balaban J connectivity index is 1.95. The zero-order chi connectivity index (χ0) is 14.9. The van der Waals surface area contributed by atoms with Crippen LogP contribution in [-0.2, 0) is 4.79 Å². The fourth-order valence-corrected chi connectivity index (χ4v) is 3.24. The Morgan fingerprint density at radius 2 is 2.05 bits per heavy atom. The molecule has 2 saturated heterocycles. The minimum Gasteiger partial charge on any atom is -0.329 e. The quantitative estimate of drug-likeness (QED) is 0.731. The molecule has 6 heteroatoms. The number of rotatable bonds is 4. The summed E-state index contributed by atoms with van der Waals surface area (Å²) >= 11 is 0. The second-order valence-corrected chi connectivity index (χ2v) is 6.47. The average molecular weight is 282 g/mol. The summed E-state index contributed by atoms with van der Waals surface area (Å²) in [5.74, 6) is 0.435. The van der Waals surface area contributed by atoms with Crippen molar-refractivity contribution in [1.29, 1.82) is 0 Å². The van der Waals surface area contributed by atoms with Gasteiger partial charge in [0.25, 0.3) is 5.91 Å². The van der Waals surface area contributed by atoms with Gasteiger partial charge in [0.15, 0.2) is 0 Å². The number of nitrogens with one attached hydrogen (secondary N) is 1. The minimum absolute atomic E-state index is 0.142. The second-order valence-electron chi connectivity index (χ2n) is 6.47. The van der Waals surface area contributed by atoms with Crippen LogP contribution < -0.4 is 11.1 Å². The number of carbonyl (C=O) groups is 2. The van der Waals surface area contributed by atoms with E-state index in [1.165, 1.54) is 11.3 Å². The number of piperidine rings is 1. The van der Waals surface area contributed by atoms with Crippen molar-refractivity contribution in [3.05, 3.63) is 0 Å². The van der Waals surface area contributed by atoms with Gasteiger partial charge in [-0.25, -0.2) is 4.79 Å². The van der Waals surface area contributed by atoms with Crippen LogP contribution in [0, 0.1) is 5.92 Å². The summed E-state index contributed by atoms with van der Waals surface area (Å²) < 4.78 is 0. The van der Waals surface area contributed by atoms with E-state index in [9.17, 15) is 9.59 Å². The number of nitrogens with zero attached hydrogens (tertiary/aromatic N) is 2. The van der Waals surface area contributed by atoms with Gasteiger partial charge in [-0.1, -0.05) is 6.92 Å². The van der Waals surface area contributed by atoms with Crippen molar-refractivity contribution in [2.24, 2.45) is 11.7 Å². The van der Waals surface area contributed by atoms with Crippen molar-refractivity contribution in [2.45, 2.75) is 45.2 Å². The molecular formula is C14H26N4O2. The van der Waals surface area contributed by atoms with E-state index in [-0.39, 0.29) is 11.9 Å². The molecule has 2 heterocycles. The summed E-state index contributed by atoms with van der Waals surface area (Å²) in [6.45, 7) is 8.48. The highest BCUT2D eigenvalue weighted by atomic mass is 16.2. The van der Waals surface area contributed by atoms with Gasteiger partial charge in [-0.2, -0.15) is 0 Å². The van der Waals surface area contributed by atoms with Gasteiger partial charge >= 0.3 is 6.03 Å². The highest BCUT2D eigenvalue weighted by Gasteiger charge is 2.44. The van der Waals surface area contributed by atoms with E-state index in [4.69, 9.17) is 5.73 Å². The molecule has 0 radical (unpaired) electrons. The van der Waals surface area contributed by atoms with E-state index in [0.29, 0.717) is 31.6 Å². The Kier molecular flexibility index (Phi) is 4.34. The van der Waals surface area contributed by atoms with Crippen LogP contribution in [0.2, 0.25) is 0 Å². The van der Waals surface area contributed by atoms with Gasteiger partial charge in [0.1, 0.15) is 5.54 Å². The van der Waals surface area contributed by atoms with Gasteiger partial charge < -0.3 is 11.1 Å². The average Bonchev–Trinajstić information content (AvgIpc) is 2.56. The van der Waals surface area contributed by atoms with Crippen molar-refractivity contribution in [1.82, 2.24) is 15.1 Å². The van der Waals surface area contributed by atoms with E-state index in [1.54, 1.807) is 13.8 Å². The van der Waals surface area contributed by atoms with Crippen molar-refractivity contribution in [2.75, 3.05) is 26.2 Å². The third kappa shape index (κ3) is 2.81. The molecular weight excluding hydrogens is 256 g/mol. The highest BCUT2D eigenvalue weighted by molar-refractivity contribution is 6.06. The van der Waals surface area contributed by atoms with Crippen LogP contribution in [0.3, 0.4) is 0 Å². The molecule has 0 spiro atoms. The number of urea groups is 1. The van der Waals surface area contributed by atoms with Crippen LogP contribution in [0.25, 0.3) is 0 Å². The largest absolute Gasteiger partial charge is 0.329 e. The lowest BCUT2D eigenvalue weighted by atomic mass is 9.91. The fourth-order valence-electron chi connectivity index (χ4n) is 3.24. The smallest absolute Gasteiger partial charge is 0.325 e. The Morgan fingerprint density at radius 1 is 1.35 bits per heavy atom. The first-order chi connectivity index (χ1) is 9.36. The molecule has 20 heavy (non-hydrogen) atoms. The number of imide groups is 1. The van der Waals surface area contributed by atoms with Crippen molar-refractivity contribution >= 4 is 11.9 Å². The molecule has 0 aromatic rings. The number of nitrogens with two attached hydrogens (primary N) is 1. The number of carbonyl (C=O) groups excluding carboxylic acids is 2. The van der Waals surface area contributed by atoms with E-state index in [2.05, 4.69) is 17.1 Å². The predicted molar refractivity (Wildman–Crippen MR) is 77.1 cm³/mol. The maximum atomic E-state index is 12.1. The van der Waals surface area contributed by atoms with Gasteiger partial charge in [-0.05, 0) is 39.2 Å². The van der Waals surface area contributed by atoms with E-state index in [1.807, 2.05) is 0 Å². The van der Waals surface area contributed by atoms with Gasteiger partial charge in [0, 0.05) is 25.7 Å². The molecule has 2 fully saturated rings. The molecule has 2 atom stereocenters. The van der Waals surface area contributed by atoms with Crippen LogP contribution in [0.15, 0.2) is 0 Å². The summed E-state index contributed by atoms with van der Waals surface area (Å²) in [4.78, 5) is 27.6. The molecule has 0 aromatic heterocycles. The minimum atomic E-state index is -0.778. The predicted octanol–water partition coefficient (Wildman–Crippen LogP) is 0.376. The van der Waals surface area contributed by atoms with Crippen molar-refractivity contribution in [3.63, 3.8) is 0 Å². The maximum absolute atomic E-state index is 12.1. The van der Waals surface area contributed by atoms with Crippen LogP contribution in [0.4, 0.5) is 4.79 Å². The van der Waals surface area contributed by atoms with E-state index in [0.717, 1.165) is 13.0 Å². The SMILES string of the molecule is CC1CCCN(CCN2C(=O)NC(C)(C)C2=O)C1CN. The molecule has 0 aromatic carbocycles. The summed E-state index contributed by atoms with van der Waals surface area (Å²) in [5.41, 5.74) is 5.09. The summed E-state index contributed by atoms with van der Waals surface area (Å²) in [6.07, 6.45) is 2.36. The molecule has 2 aliphatic heterocycles. The first-order valence-corrected chi connectivity index (χ1v) is 7.45. The van der Waals surface area contributed by atoms with Gasteiger partial charge in [0.2, 0.25) is 0 Å². The zero-order valence-corrected chi connectivity index (χ0v) is 12.7. The summed E-state index contributed by atoms with van der Waals surface area (Å²) in [7, 11) is 0. The van der Waals surface area contributed by atoms with Crippen molar-refractivity contribution < 1.29 is 9.59 Å². The summed E-state index contributed by atoms with van der Waals surface area (Å²) in [6, 6.07) is 0.0758. The van der Waals surface area contributed by atoms with Gasteiger partial charge in [0.05, 0.1) is 0 Å².